The molecule has 0 spiro atoms. The minimum absolute atomic E-state index is 0.0634. The summed E-state index contributed by atoms with van der Waals surface area (Å²) < 4.78 is 35.5. The topological polar surface area (TPSA) is 35.5 Å². The SMILES string of the molecule is CCOC(=O)CCc1c(OC)cccc1C(F)F. The Morgan fingerprint density at radius 1 is 1.39 bits per heavy atom. The Morgan fingerprint density at radius 2 is 2.11 bits per heavy atom. The molecule has 0 aliphatic heterocycles. The lowest BCUT2D eigenvalue weighted by Crippen LogP contribution is -2.07. The molecular weight excluding hydrogens is 242 g/mol. The van der Waals surface area contributed by atoms with Crippen molar-refractivity contribution in [1.82, 2.24) is 0 Å². The van der Waals surface area contributed by atoms with Crippen LogP contribution in [0.25, 0.3) is 0 Å². The van der Waals surface area contributed by atoms with E-state index in [1.165, 1.54) is 19.2 Å². The molecule has 0 aromatic heterocycles. The van der Waals surface area contributed by atoms with Crippen LogP contribution in [0.3, 0.4) is 0 Å². The number of benzene rings is 1. The first-order valence-electron chi connectivity index (χ1n) is 5.69. The lowest BCUT2D eigenvalue weighted by molar-refractivity contribution is -0.143. The monoisotopic (exact) mass is 258 g/mol. The Balaban J connectivity index is 2.87. The second-order valence-electron chi connectivity index (χ2n) is 3.63. The van der Waals surface area contributed by atoms with E-state index in [2.05, 4.69) is 0 Å². The zero-order chi connectivity index (χ0) is 13.5. The van der Waals surface area contributed by atoms with E-state index in [4.69, 9.17) is 9.47 Å². The van der Waals surface area contributed by atoms with E-state index in [0.717, 1.165) is 0 Å². The third-order valence-corrected chi connectivity index (χ3v) is 2.51. The van der Waals surface area contributed by atoms with Crippen molar-refractivity contribution < 1.29 is 23.0 Å². The van der Waals surface area contributed by atoms with Crippen LogP contribution in [0, 0.1) is 0 Å². The highest BCUT2D eigenvalue weighted by atomic mass is 19.3. The van der Waals surface area contributed by atoms with Crippen molar-refractivity contribution in [1.29, 1.82) is 0 Å². The van der Waals surface area contributed by atoms with Gasteiger partial charge in [0.1, 0.15) is 5.75 Å². The predicted molar refractivity (Wildman–Crippen MR) is 62.9 cm³/mol. The number of alkyl halides is 2. The summed E-state index contributed by atoms with van der Waals surface area (Å²) in [5.74, 6) is -0.0271. The lowest BCUT2D eigenvalue weighted by Gasteiger charge is -2.13. The van der Waals surface area contributed by atoms with E-state index in [-0.39, 0.29) is 25.0 Å². The van der Waals surface area contributed by atoms with Gasteiger partial charge >= 0.3 is 5.97 Å². The van der Waals surface area contributed by atoms with Gasteiger partial charge in [-0.15, -0.1) is 0 Å². The zero-order valence-electron chi connectivity index (χ0n) is 10.4. The number of hydrogen-bond donors (Lipinski definition) is 0. The maximum atomic E-state index is 12.8. The molecule has 18 heavy (non-hydrogen) atoms. The fourth-order valence-corrected chi connectivity index (χ4v) is 1.71. The highest BCUT2D eigenvalue weighted by Crippen LogP contribution is 2.30. The summed E-state index contributed by atoms with van der Waals surface area (Å²) in [6, 6.07) is 4.45. The van der Waals surface area contributed by atoms with Crippen LogP contribution in [0.1, 0.15) is 30.9 Å². The number of hydrogen-bond acceptors (Lipinski definition) is 3. The van der Waals surface area contributed by atoms with Crippen molar-refractivity contribution in [2.75, 3.05) is 13.7 Å². The van der Waals surface area contributed by atoms with Gasteiger partial charge in [0.15, 0.2) is 0 Å². The Bertz CT molecular complexity index is 405. The number of carbonyl (C=O) groups excluding carboxylic acids is 1. The maximum Gasteiger partial charge on any atom is 0.306 e. The van der Waals surface area contributed by atoms with Crippen molar-refractivity contribution in [3.8, 4) is 5.75 Å². The molecule has 0 bridgehead atoms. The first-order chi connectivity index (χ1) is 8.60. The van der Waals surface area contributed by atoms with Gasteiger partial charge in [-0.05, 0) is 19.4 Å². The Kier molecular flexibility index (Phi) is 5.55. The van der Waals surface area contributed by atoms with Crippen LogP contribution >= 0.6 is 0 Å². The molecule has 0 N–H and O–H groups in total. The molecule has 0 fully saturated rings. The van der Waals surface area contributed by atoms with Crippen LogP contribution < -0.4 is 4.74 Å². The van der Waals surface area contributed by atoms with Gasteiger partial charge < -0.3 is 9.47 Å². The molecule has 1 aromatic carbocycles. The van der Waals surface area contributed by atoms with Crippen molar-refractivity contribution >= 4 is 5.97 Å². The second kappa shape index (κ2) is 6.93. The fraction of sp³-hybridized carbons (Fsp3) is 0.462. The third kappa shape index (κ3) is 3.68. The van der Waals surface area contributed by atoms with Gasteiger partial charge in [-0.2, -0.15) is 0 Å². The third-order valence-electron chi connectivity index (χ3n) is 2.51. The molecule has 3 nitrogen and oxygen atoms in total. The molecule has 0 atom stereocenters. The van der Waals surface area contributed by atoms with Gasteiger partial charge in [0.2, 0.25) is 0 Å². The van der Waals surface area contributed by atoms with E-state index in [0.29, 0.717) is 11.3 Å². The van der Waals surface area contributed by atoms with Crippen LogP contribution in [0.2, 0.25) is 0 Å². The first-order valence-corrected chi connectivity index (χ1v) is 5.69. The molecule has 0 aliphatic rings. The Labute approximate surface area is 105 Å². The van der Waals surface area contributed by atoms with Gasteiger partial charge in [-0.1, -0.05) is 12.1 Å². The molecule has 1 aromatic rings. The summed E-state index contributed by atoms with van der Waals surface area (Å²) in [4.78, 5) is 11.2. The number of ether oxygens (including phenoxy) is 2. The van der Waals surface area contributed by atoms with Crippen molar-refractivity contribution in [2.24, 2.45) is 0 Å². The number of rotatable bonds is 6. The fourth-order valence-electron chi connectivity index (χ4n) is 1.71. The van der Waals surface area contributed by atoms with Crippen LogP contribution in [0.4, 0.5) is 8.78 Å². The summed E-state index contributed by atoms with van der Waals surface area (Å²) in [5, 5.41) is 0. The van der Waals surface area contributed by atoms with Gasteiger partial charge in [0.25, 0.3) is 6.43 Å². The quantitative estimate of drug-likeness (QED) is 0.735. The highest BCUT2D eigenvalue weighted by Gasteiger charge is 2.17. The Hall–Kier alpha value is -1.65. The second-order valence-corrected chi connectivity index (χ2v) is 3.63. The van der Waals surface area contributed by atoms with Crippen LogP contribution in [0.15, 0.2) is 18.2 Å². The zero-order valence-corrected chi connectivity index (χ0v) is 10.4. The standard InChI is InChI=1S/C13H16F2O3/c1-3-18-12(16)8-7-9-10(13(14)15)5-4-6-11(9)17-2/h4-6,13H,3,7-8H2,1-2H3. The number of halogens is 2. The summed E-state index contributed by atoms with van der Waals surface area (Å²) in [7, 11) is 1.42. The van der Waals surface area contributed by atoms with Crippen LogP contribution in [0.5, 0.6) is 5.75 Å². The molecule has 0 heterocycles. The van der Waals surface area contributed by atoms with E-state index in [9.17, 15) is 13.6 Å². The van der Waals surface area contributed by atoms with Crippen LogP contribution in [-0.4, -0.2) is 19.7 Å². The van der Waals surface area contributed by atoms with Crippen molar-refractivity contribution in [2.45, 2.75) is 26.2 Å². The summed E-state index contributed by atoms with van der Waals surface area (Å²) >= 11 is 0. The first kappa shape index (κ1) is 14.4. The average Bonchev–Trinajstić information content (AvgIpc) is 2.36. The summed E-state index contributed by atoms with van der Waals surface area (Å²) in [6.45, 7) is 1.98. The molecule has 0 amide bonds. The van der Waals surface area contributed by atoms with Crippen LogP contribution in [-0.2, 0) is 16.0 Å². The molecule has 5 heteroatoms. The van der Waals surface area contributed by atoms with Gasteiger partial charge in [-0.3, -0.25) is 4.79 Å². The summed E-state index contributed by atoms with van der Waals surface area (Å²) in [6.07, 6.45) is -2.34. The maximum absolute atomic E-state index is 12.8. The predicted octanol–water partition coefficient (Wildman–Crippen LogP) is 3.13. The highest BCUT2D eigenvalue weighted by molar-refractivity contribution is 5.70. The van der Waals surface area contributed by atoms with Crippen molar-refractivity contribution in [3.63, 3.8) is 0 Å². The minimum atomic E-state index is -2.59. The normalized spacial score (nSPS) is 10.5. The van der Waals surface area contributed by atoms with E-state index < -0.39 is 12.4 Å². The molecule has 100 valence electrons. The van der Waals surface area contributed by atoms with Crippen molar-refractivity contribution in [3.05, 3.63) is 29.3 Å². The minimum Gasteiger partial charge on any atom is -0.496 e. The number of esters is 1. The molecule has 0 aliphatic carbocycles. The molecule has 0 radical (unpaired) electrons. The van der Waals surface area contributed by atoms with Gasteiger partial charge in [0, 0.05) is 17.5 Å². The van der Waals surface area contributed by atoms with Gasteiger partial charge in [-0.25, -0.2) is 8.78 Å². The molecule has 0 saturated carbocycles. The smallest absolute Gasteiger partial charge is 0.306 e. The van der Waals surface area contributed by atoms with Gasteiger partial charge in [0.05, 0.1) is 13.7 Å². The number of methoxy groups -OCH3 is 1. The molecular formula is C13H16F2O3. The summed E-state index contributed by atoms with van der Waals surface area (Å²) in [5.41, 5.74) is 0.265. The Morgan fingerprint density at radius 3 is 2.67 bits per heavy atom. The lowest BCUT2D eigenvalue weighted by atomic mass is 10.0. The van der Waals surface area contributed by atoms with E-state index >= 15 is 0 Å². The molecule has 0 saturated heterocycles. The average molecular weight is 258 g/mol. The molecule has 1 rings (SSSR count). The van der Waals surface area contributed by atoms with E-state index in [1.807, 2.05) is 0 Å². The largest absolute Gasteiger partial charge is 0.496 e. The number of carbonyl (C=O) groups is 1. The molecule has 0 unspecified atom stereocenters. The van der Waals surface area contributed by atoms with E-state index in [1.54, 1.807) is 13.0 Å².